The summed E-state index contributed by atoms with van der Waals surface area (Å²) in [5, 5.41) is -0.845. The third-order valence-electron chi connectivity index (χ3n) is 8.14. The van der Waals surface area contributed by atoms with Crippen LogP contribution in [0.15, 0.2) is 18.5 Å². The molecule has 40 heavy (non-hydrogen) atoms. The number of anilines is 2. The topological polar surface area (TPSA) is 90.6 Å². The third kappa shape index (κ3) is 6.06. The van der Waals surface area contributed by atoms with E-state index in [-0.39, 0.29) is 11.0 Å². The highest BCUT2D eigenvalue weighted by Gasteiger charge is 2.40. The molecule has 3 heterocycles. The van der Waals surface area contributed by atoms with Gasteiger partial charge in [0.05, 0.1) is 16.8 Å². The van der Waals surface area contributed by atoms with E-state index in [4.69, 9.17) is 31.5 Å². The van der Waals surface area contributed by atoms with Gasteiger partial charge in [0.15, 0.2) is 8.32 Å². The molecular weight excluding hydrogens is 547 g/mol. The van der Waals surface area contributed by atoms with Gasteiger partial charge in [-0.2, -0.15) is 0 Å². The first-order valence-corrected chi connectivity index (χ1v) is 17.1. The number of amides is 1. The number of carbonyl (C=O) groups is 1. The lowest BCUT2D eigenvalue weighted by atomic mass is 9.85. The summed E-state index contributed by atoms with van der Waals surface area (Å²) >= 11 is 6.55. The Labute approximate surface area is 243 Å². The fourth-order valence-corrected chi connectivity index (χ4v) is 6.31. The first-order chi connectivity index (χ1) is 18.4. The highest BCUT2D eigenvalue weighted by atomic mass is 35.5. The normalized spacial score (nSPS) is 21.4. The number of pyridine rings is 2. The SMILES string of the molecule is Cc1c(C2=Cc3cc(N)ncc3[C@@H](Cl)C2F)cnc2c1N(C(=O)OC(C)(C)C)CC(CO[Si](C)(C)C(C)(C)C)C2. The molecule has 0 saturated carbocycles. The number of carbonyl (C=O) groups excluding carboxylic acids is 1. The molecule has 2 aromatic rings. The van der Waals surface area contributed by atoms with Crippen molar-refractivity contribution in [3.63, 3.8) is 0 Å². The highest BCUT2D eigenvalue weighted by Crippen LogP contribution is 2.45. The van der Waals surface area contributed by atoms with Gasteiger partial charge < -0.3 is 14.9 Å². The number of hydrogen-bond donors (Lipinski definition) is 1. The quantitative estimate of drug-likeness (QED) is 0.294. The predicted octanol–water partition coefficient (Wildman–Crippen LogP) is 7.48. The van der Waals surface area contributed by atoms with E-state index in [9.17, 15) is 4.79 Å². The minimum absolute atomic E-state index is 0.0456. The van der Waals surface area contributed by atoms with E-state index in [0.717, 1.165) is 16.8 Å². The van der Waals surface area contributed by atoms with Crippen LogP contribution in [0.25, 0.3) is 11.6 Å². The number of hydrogen-bond acceptors (Lipinski definition) is 6. The maximum absolute atomic E-state index is 15.8. The molecule has 10 heteroatoms. The second kappa shape index (κ2) is 10.7. The smallest absolute Gasteiger partial charge is 0.414 e. The minimum atomic E-state index is -1.99. The highest BCUT2D eigenvalue weighted by molar-refractivity contribution is 6.74. The Kier molecular flexibility index (Phi) is 8.17. The summed E-state index contributed by atoms with van der Waals surface area (Å²) < 4.78 is 28.1. The molecule has 0 aromatic carbocycles. The molecule has 1 amide bonds. The number of alkyl halides is 2. The standard InChI is InChI=1S/C30H42ClFN4O3Si/c1-17-21(20-11-19-12-24(33)35-14-22(19)25(31)26(20)32)13-34-23-10-18(16-38-40(8,9)30(5,6)7)15-36(27(17)23)28(37)39-29(2,3)4/h11-14,18,25-26H,10,15-16H2,1-9H3,(H2,33,35)/t18?,25-,26?/m1/s1. The second-order valence-electron chi connectivity index (χ2n) is 13.5. The van der Waals surface area contributed by atoms with Crippen LogP contribution in [-0.4, -0.2) is 49.3 Å². The van der Waals surface area contributed by atoms with E-state index in [2.05, 4.69) is 38.8 Å². The van der Waals surface area contributed by atoms with E-state index in [1.54, 1.807) is 23.2 Å². The molecule has 2 aliphatic rings. The van der Waals surface area contributed by atoms with Gasteiger partial charge in [0.2, 0.25) is 0 Å². The molecule has 3 atom stereocenters. The van der Waals surface area contributed by atoms with Crippen molar-refractivity contribution in [1.29, 1.82) is 0 Å². The average Bonchev–Trinajstić information content (AvgIpc) is 2.83. The van der Waals surface area contributed by atoms with E-state index >= 15 is 4.39 Å². The third-order valence-corrected chi connectivity index (χ3v) is 13.1. The van der Waals surface area contributed by atoms with Crippen molar-refractivity contribution < 1.29 is 18.3 Å². The number of fused-ring (bicyclic) bond motifs is 2. The molecule has 0 bridgehead atoms. The summed E-state index contributed by atoms with van der Waals surface area (Å²) in [7, 11) is -1.99. The Morgan fingerprint density at radius 1 is 1.20 bits per heavy atom. The van der Waals surface area contributed by atoms with Crippen molar-refractivity contribution in [3.05, 3.63) is 46.4 Å². The maximum Gasteiger partial charge on any atom is 0.414 e. The fraction of sp³-hybridized carbons (Fsp3) is 0.567. The Hall–Kier alpha value is -2.49. The molecule has 2 aromatic heterocycles. The van der Waals surface area contributed by atoms with Crippen LogP contribution in [-0.2, 0) is 15.6 Å². The molecule has 218 valence electrons. The maximum atomic E-state index is 15.8. The Balaban J connectivity index is 1.75. The molecule has 0 saturated heterocycles. The van der Waals surface area contributed by atoms with Gasteiger partial charge in [-0.05, 0) is 86.7 Å². The molecular formula is C30H42ClFN4O3Si. The van der Waals surface area contributed by atoms with E-state index < -0.39 is 31.6 Å². The first kappa shape index (κ1) is 30.5. The van der Waals surface area contributed by atoms with Crippen LogP contribution in [0.3, 0.4) is 0 Å². The monoisotopic (exact) mass is 588 g/mol. The summed E-state index contributed by atoms with van der Waals surface area (Å²) in [5.41, 5.74) is 9.72. The van der Waals surface area contributed by atoms with Gasteiger partial charge in [-0.1, -0.05) is 20.8 Å². The van der Waals surface area contributed by atoms with Gasteiger partial charge in [-0.25, -0.2) is 14.2 Å². The Morgan fingerprint density at radius 3 is 2.50 bits per heavy atom. The lowest BCUT2D eigenvalue weighted by Crippen LogP contribution is -2.47. The number of aromatic nitrogens is 2. The van der Waals surface area contributed by atoms with Crippen LogP contribution >= 0.6 is 11.6 Å². The van der Waals surface area contributed by atoms with Crippen LogP contribution < -0.4 is 10.6 Å². The molecule has 0 fully saturated rings. The summed E-state index contributed by atoms with van der Waals surface area (Å²) in [6.07, 6.45) is 3.67. The van der Waals surface area contributed by atoms with Gasteiger partial charge in [0.25, 0.3) is 0 Å². The minimum Gasteiger partial charge on any atom is -0.443 e. The molecule has 2 N–H and O–H groups in total. The summed E-state index contributed by atoms with van der Waals surface area (Å²) in [5.74, 6) is 0.377. The number of nitrogens with two attached hydrogens (primary N) is 1. The van der Waals surface area contributed by atoms with Gasteiger partial charge in [0.1, 0.15) is 17.6 Å². The van der Waals surface area contributed by atoms with Crippen molar-refractivity contribution >= 4 is 49.2 Å². The predicted molar refractivity (Wildman–Crippen MR) is 163 cm³/mol. The summed E-state index contributed by atoms with van der Waals surface area (Å²) in [4.78, 5) is 24.1. The zero-order valence-electron chi connectivity index (χ0n) is 25.1. The van der Waals surface area contributed by atoms with Crippen molar-refractivity contribution in [2.24, 2.45) is 5.92 Å². The summed E-state index contributed by atoms with van der Waals surface area (Å²) in [6, 6.07) is 1.69. The van der Waals surface area contributed by atoms with Crippen LogP contribution in [0.5, 0.6) is 0 Å². The molecule has 1 aliphatic heterocycles. The van der Waals surface area contributed by atoms with E-state index in [1.165, 1.54) is 6.20 Å². The fourth-order valence-electron chi connectivity index (χ4n) is 4.91. The van der Waals surface area contributed by atoms with Crippen LogP contribution in [0, 0.1) is 12.8 Å². The summed E-state index contributed by atoms with van der Waals surface area (Å²) in [6.45, 7) is 19.4. The molecule has 4 rings (SSSR count). The molecule has 2 unspecified atom stereocenters. The average molecular weight is 589 g/mol. The Morgan fingerprint density at radius 2 is 1.88 bits per heavy atom. The van der Waals surface area contributed by atoms with Gasteiger partial charge in [-0.3, -0.25) is 9.88 Å². The number of nitrogens with zero attached hydrogens (tertiary/aromatic N) is 3. The van der Waals surface area contributed by atoms with E-state index in [1.807, 2.05) is 27.7 Å². The van der Waals surface area contributed by atoms with Crippen LogP contribution in [0.4, 0.5) is 20.7 Å². The van der Waals surface area contributed by atoms with Crippen molar-refractivity contribution in [2.75, 3.05) is 23.8 Å². The van der Waals surface area contributed by atoms with Crippen LogP contribution in [0.1, 0.15) is 74.9 Å². The van der Waals surface area contributed by atoms with Crippen molar-refractivity contribution in [1.82, 2.24) is 9.97 Å². The lowest BCUT2D eigenvalue weighted by molar-refractivity contribution is 0.0565. The van der Waals surface area contributed by atoms with Crippen LogP contribution in [0.2, 0.25) is 18.1 Å². The molecule has 7 nitrogen and oxygen atoms in total. The largest absolute Gasteiger partial charge is 0.443 e. The number of rotatable bonds is 4. The van der Waals surface area contributed by atoms with E-state index in [0.29, 0.717) is 47.8 Å². The van der Waals surface area contributed by atoms with Crippen molar-refractivity contribution in [2.45, 2.75) is 90.2 Å². The lowest BCUT2D eigenvalue weighted by Gasteiger charge is -2.40. The first-order valence-electron chi connectivity index (χ1n) is 13.8. The van der Waals surface area contributed by atoms with Gasteiger partial charge >= 0.3 is 6.09 Å². The van der Waals surface area contributed by atoms with Crippen molar-refractivity contribution in [3.8, 4) is 0 Å². The van der Waals surface area contributed by atoms with Gasteiger partial charge in [0, 0.05) is 37.0 Å². The Bertz CT molecular complexity index is 1340. The number of nitrogen functional groups attached to an aromatic ring is 1. The van der Waals surface area contributed by atoms with Gasteiger partial charge in [-0.15, -0.1) is 11.6 Å². The molecule has 0 radical (unpaired) electrons. The number of allylic oxidation sites excluding steroid dienone is 1. The molecule has 1 aliphatic carbocycles. The number of halogens is 2. The molecule has 0 spiro atoms. The number of ether oxygens (including phenoxy) is 1. The zero-order chi connectivity index (χ0) is 29.8. The zero-order valence-corrected chi connectivity index (χ0v) is 26.8. The second-order valence-corrected chi connectivity index (χ2v) is 18.7.